The van der Waals surface area contributed by atoms with E-state index in [-0.39, 0.29) is 42.8 Å². The van der Waals surface area contributed by atoms with Gasteiger partial charge in [-0.05, 0) is 6.92 Å². The quantitative estimate of drug-likeness (QED) is 0.301. The van der Waals surface area contributed by atoms with Crippen molar-refractivity contribution in [2.75, 3.05) is 66.0 Å². The summed E-state index contributed by atoms with van der Waals surface area (Å²) in [6.07, 6.45) is -1.89. The number of Topliss-reactive ketones (excluding diaryl/α,β-unsaturated/α-hetero) is 1. The maximum Gasteiger partial charge on any atom is 0.222 e. The summed E-state index contributed by atoms with van der Waals surface area (Å²) in [4.78, 5) is 23.1. The SMILES string of the molecule is CC(C)C(=O)NCC(F)C(C)OCCOCCOCCOCCOCC(=O)C(C)(C)C. The largest absolute Gasteiger partial charge is 0.377 e. The van der Waals surface area contributed by atoms with Crippen molar-refractivity contribution in [3.05, 3.63) is 0 Å². The van der Waals surface area contributed by atoms with Gasteiger partial charge < -0.3 is 29.0 Å². The summed E-state index contributed by atoms with van der Waals surface area (Å²) in [5.74, 6) is -0.283. The maximum absolute atomic E-state index is 13.9. The first-order valence-corrected chi connectivity index (χ1v) is 10.9. The van der Waals surface area contributed by atoms with Crippen molar-refractivity contribution in [2.45, 2.75) is 53.8 Å². The molecule has 2 unspecified atom stereocenters. The standard InChI is InChI=1S/C22H42FNO7/c1-17(2)21(26)24-15-19(23)18(3)31-14-13-29-10-9-27-7-8-28-11-12-30-16-20(25)22(4,5)6/h17-19H,7-16H2,1-6H3,(H,24,26). The van der Waals surface area contributed by atoms with Crippen molar-refractivity contribution >= 4 is 11.7 Å². The monoisotopic (exact) mass is 451 g/mol. The fourth-order valence-electron chi connectivity index (χ4n) is 2.01. The molecule has 8 nitrogen and oxygen atoms in total. The predicted octanol–water partition coefficient (Wildman–Crippen LogP) is 2.18. The molecule has 0 aliphatic heterocycles. The smallest absolute Gasteiger partial charge is 0.222 e. The summed E-state index contributed by atoms with van der Waals surface area (Å²) in [6, 6.07) is 0. The number of hydrogen-bond acceptors (Lipinski definition) is 7. The van der Waals surface area contributed by atoms with Crippen LogP contribution in [0.2, 0.25) is 0 Å². The average Bonchev–Trinajstić information content (AvgIpc) is 2.70. The van der Waals surface area contributed by atoms with Gasteiger partial charge in [-0.1, -0.05) is 34.6 Å². The van der Waals surface area contributed by atoms with Crippen LogP contribution in [0.4, 0.5) is 4.39 Å². The number of alkyl halides is 1. The van der Waals surface area contributed by atoms with Crippen molar-refractivity contribution in [2.24, 2.45) is 11.3 Å². The number of amides is 1. The summed E-state index contributed by atoms with van der Waals surface area (Å²) in [7, 11) is 0. The molecule has 0 bridgehead atoms. The lowest BCUT2D eigenvalue weighted by molar-refractivity contribution is -0.131. The molecule has 0 aromatic carbocycles. The number of ether oxygens (including phenoxy) is 5. The predicted molar refractivity (Wildman–Crippen MR) is 116 cm³/mol. The number of nitrogens with one attached hydrogen (secondary N) is 1. The Balaban J connectivity index is 3.41. The number of carbonyl (C=O) groups is 2. The van der Waals surface area contributed by atoms with Gasteiger partial charge in [0.2, 0.25) is 5.91 Å². The van der Waals surface area contributed by atoms with Crippen LogP contribution in [0.1, 0.15) is 41.5 Å². The van der Waals surface area contributed by atoms with E-state index in [1.165, 1.54) is 0 Å². The number of rotatable bonds is 19. The van der Waals surface area contributed by atoms with E-state index in [1.54, 1.807) is 20.8 Å². The topological polar surface area (TPSA) is 92.3 Å². The molecule has 1 amide bonds. The molecule has 0 fully saturated rings. The molecule has 31 heavy (non-hydrogen) atoms. The maximum atomic E-state index is 13.9. The first-order chi connectivity index (χ1) is 14.6. The zero-order valence-electron chi connectivity index (χ0n) is 20.0. The second kappa shape index (κ2) is 17.4. The molecular formula is C22H42FNO7. The lowest BCUT2D eigenvalue weighted by atomic mass is 9.91. The Morgan fingerprint density at radius 2 is 1.26 bits per heavy atom. The Bertz CT molecular complexity index is 483. The summed E-state index contributed by atoms with van der Waals surface area (Å²) < 4.78 is 40.7. The number of ketones is 1. The summed E-state index contributed by atoms with van der Waals surface area (Å²) in [5.41, 5.74) is -0.386. The normalized spacial score (nSPS) is 13.9. The highest BCUT2D eigenvalue weighted by Crippen LogP contribution is 2.14. The van der Waals surface area contributed by atoms with Crippen LogP contribution in [0.25, 0.3) is 0 Å². The molecule has 0 spiro atoms. The van der Waals surface area contributed by atoms with Crippen LogP contribution >= 0.6 is 0 Å². The fourth-order valence-corrected chi connectivity index (χ4v) is 2.01. The minimum Gasteiger partial charge on any atom is -0.377 e. The zero-order chi connectivity index (χ0) is 23.7. The molecule has 0 heterocycles. The number of hydrogen-bond donors (Lipinski definition) is 1. The van der Waals surface area contributed by atoms with Gasteiger partial charge in [-0.25, -0.2) is 4.39 Å². The number of halogens is 1. The molecule has 0 aromatic rings. The van der Waals surface area contributed by atoms with E-state index in [0.717, 1.165) is 0 Å². The van der Waals surface area contributed by atoms with E-state index >= 15 is 0 Å². The Labute approximate surface area is 186 Å². The van der Waals surface area contributed by atoms with Gasteiger partial charge in [0.1, 0.15) is 12.8 Å². The van der Waals surface area contributed by atoms with Gasteiger partial charge in [-0.2, -0.15) is 0 Å². The van der Waals surface area contributed by atoms with Crippen LogP contribution in [0, 0.1) is 11.3 Å². The molecule has 1 N–H and O–H groups in total. The van der Waals surface area contributed by atoms with Crippen LogP contribution in [-0.2, 0) is 33.3 Å². The minimum atomic E-state index is -1.27. The van der Waals surface area contributed by atoms with Gasteiger partial charge >= 0.3 is 0 Å². The third kappa shape index (κ3) is 17.1. The van der Waals surface area contributed by atoms with Gasteiger partial charge in [0.05, 0.1) is 65.5 Å². The molecule has 2 atom stereocenters. The van der Waals surface area contributed by atoms with E-state index in [1.807, 2.05) is 20.8 Å². The van der Waals surface area contributed by atoms with Gasteiger partial charge in [0, 0.05) is 11.3 Å². The van der Waals surface area contributed by atoms with E-state index in [2.05, 4.69) is 5.32 Å². The Morgan fingerprint density at radius 3 is 1.71 bits per heavy atom. The molecule has 0 radical (unpaired) electrons. The van der Waals surface area contributed by atoms with Crippen LogP contribution in [0.3, 0.4) is 0 Å². The summed E-state index contributed by atoms with van der Waals surface area (Å²) >= 11 is 0. The van der Waals surface area contributed by atoms with E-state index in [4.69, 9.17) is 23.7 Å². The molecule has 0 aliphatic rings. The molecule has 0 aromatic heterocycles. The van der Waals surface area contributed by atoms with Crippen molar-refractivity contribution in [1.29, 1.82) is 0 Å². The number of carbonyl (C=O) groups excluding carboxylic acids is 2. The Kier molecular flexibility index (Phi) is 16.8. The van der Waals surface area contributed by atoms with Gasteiger partial charge in [-0.15, -0.1) is 0 Å². The second-order valence-corrected chi connectivity index (χ2v) is 8.55. The fraction of sp³-hybridized carbons (Fsp3) is 0.909. The Morgan fingerprint density at radius 1 is 0.806 bits per heavy atom. The average molecular weight is 452 g/mol. The highest BCUT2D eigenvalue weighted by molar-refractivity contribution is 5.84. The lowest BCUT2D eigenvalue weighted by Crippen LogP contribution is -2.38. The second-order valence-electron chi connectivity index (χ2n) is 8.55. The molecule has 184 valence electrons. The van der Waals surface area contributed by atoms with Crippen molar-refractivity contribution < 1.29 is 37.7 Å². The van der Waals surface area contributed by atoms with Gasteiger partial charge in [-0.3, -0.25) is 9.59 Å². The van der Waals surface area contributed by atoms with E-state index in [9.17, 15) is 14.0 Å². The third-order valence-electron chi connectivity index (χ3n) is 4.30. The zero-order valence-corrected chi connectivity index (χ0v) is 20.0. The molecular weight excluding hydrogens is 409 g/mol. The van der Waals surface area contributed by atoms with Crippen LogP contribution in [-0.4, -0.2) is 90.0 Å². The minimum absolute atomic E-state index is 0.0594. The van der Waals surface area contributed by atoms with E-state index in [0.29, 0.717) is 46.2 Å². The molecule has 0 aliphatic carbocycles. The van der Waals surface area contributed by atoms with Crippen molar-refractivity contribution in [1.82, 2.24) is 5.32 Å². The first kappa shape index (κ1) is 29.9. The molecule has 0 rings (SSSR count). The molecule has 0 saturated carbocycles. The third-order valence-corrected chi connectivity index (χ3v) is 4.30. The van der Waals surface area contributed by atoms with Crippen LogP contribution in [0.15, 0.2) is 0 Å². The van der Waals surface area contributed by atoms with Gasteiger partial charge in [0.15, 0.2) is 5.78 Å². The van der Waals surface area contributed by atoms with Crippen molar-refractivity contribution in [3.8, 4) is 0 Å². The highest BCUT2D eigenvalue weighted by Gasteiger charge is 2.20. The van der Waals surface area contributed by atoms with E-state index < -0.39 is 12.3 Å². The Hall–Kier alpha value is -1.13. The summed E-state index contributed by atoms with van der Waals surface area (Å²) in [5, 5.41) is 2.55. The first-order valence-electron chi connectivity index (χ1n) is 10.9. The van der Waals surface area contributed by atoms with Crippen molar-refractivity contribution in [3.63, 3.8) is 0 Å². The highest BCUT2D eigenvalue weighted by atomic mass is 19.1. The van der Waals surface area contributed by atoms with Crippen LogP contribution in [0.5, 0.6) is 0 Å². The summed E-state index contributed by atoms with van der Waals surface area (Å²) in [6.45, 7) is 13.8. The van der Waals surface area contributed by atoms with Gasteiger partial charge in [0.25, 0.3) is 0 Å². The lowest BCUT2D eigenvalue weighted by Gasteiger charge is -2.18. The van der Waals surface area contributed by atoms with Crippen LogP contribution < -0.4 is 5.32 Å². The molecule has 0 saturated heterocycles. The molecule has 9 heteroatoms.